The number of rotatable bonds is 3. The van der Waals surface area contributed by atoms with E-state index in [0.717, 1.165) is 22.6 Å². The van der Waals surface area contributed by atoms with E-state index in [-0.39, 0.29) is 23.5 Å². The first-order chi connectivity index (χ1) is 13.7. The predicted molar refractivity (Wildman–Crippen MR) is 111 cm³/mol. The Labute approximate surface area is 178 Å². The highest BCUT2D eigenvalue weighted by Gasteiger charge is 2.51. The van der Waals surface area contributed by atoms with Crippen LogP contribution in [-0.4, -0.2) is 35.3 Å². The van der Waals surface area contributed by atoms with E-state index in [0.29, 0.717) is 10.6 Å². The maximum atomic E-state index is 13.1. The highest BCUT2D eigenvalue weighted by Crippen LogP contribution is 2.36. The molecule has 2 atom stereocenters. The van der Waals surface area contributed by atoms with E-state index in [9.17, 15) is 14.4 Å². The molecular weight excluding hydrogens is 413 g/mol. The predicted octanol–water partition coefficient (Wildman–Crippen LogP) is 3.74. The van der Waals surface area contributed by atoms with Gasteiger partial charge in [-0.05, 0) is 44.0 Å². The molecular formula is C21H19Cl2N3O3. The molecule has 0 bridgehead atoms. The van der Waals surface area contributed by atoms with Crippen LogP contribution >= 0.6 is 23.2 Å². The van der Waals surface area contributed by atoms with Gasteiger partial charge in [0.05, 0.1) is 0 Å². The number of imide groups is 1. The monoisotopic (exact) mass is 431 g/mol. The summed E-state index contributed by atoms with van der Waals surface area (Å²) in [6, 6.07) is 11.7. The zero-order valence-electron chi connectivity index (χ0n) is 15.9. The van der Waals surface area contributed by atoms with Crippen LogP contribution in [0.15, 0.2) is 42.5 Å². The van der Waals surface area contributed by atoms with Gasteiger partial charge in [-0.25, -0.2) is 4.79 Å². The van der Waals surface area contributed by atoms with Crippen LogP contribution in [0.2, 0.25) is 10.0 Å². The summed E-state index contributed by atoms with van der Waals surface area (Å²) in [6.07, 6.45) is 0.736. The summed E-state index contributed by atoms with van der Waals surface area (Å²) in [6.45, 7) is 3.17. The molecule has 0 aromatic heterocycles. The zero-order chi connectivity index (χ0) is 20.9. The van der Waals surface area contributed by atoms with Gasteiger partial charge in [0.25, 0.3) is 5.91 Å². The minimum Gasteiger partial charge on any atom is -0.319 e. The fourth-order valence-corrected chi connectivity index (χ4v) is 4.67. The lowest BCUT2D eigenvalue weighted by Crippen LogP contribution is -2.46. The van der Waals surface area contributed by atoms with Crippen molar-refractivity contribution in [1.82, 2.24) is 10.2 Å². The number of nitrogens with zero attached hydrogens (tertiary/aromatic N) is 2. The number of carbonyl (C=O) groups is 3. The fourth-order valence-electron chi connectivity index (χ4n) is 4.08. The molecule has 0 spiro atoms. The second-order valence-electron chi connectivity index (χ2n) is 7.52. The van der Waals surface area contributed by atoms with E-state index < -0.39 is 17.5 Å². The Morgan fingerprint density at radius 2 is 1.93 bits per heavy atom. The molecule has 2 heterocycles. The molecule has 0 saturated carbocycles. The van der Waals surface area contributed by atoms with Gasteiger partial charge >= 0.3 is 6.03 Å². The van der Waals surface area contributed by atoms with Crippen LogP contribution in [0.4, 0.5) is 10.5 Å². The Bertz CT molecular complexity index is 1040. The summed E-state index contributed by atoms with van der Waals surface area (Å²) in [5.41, 5.74) is 0.953. The summed E-state index contributed by atoms with van der Waals surface area (Å²) in [5, 5.41) is 3.36. The Morgan fingerprint density at radius 3 is 2.66 bits per heavy atom. The minimum absolute atomic E-state index is 0.0437. The van der Waals surface area contributed by atoms with Gasteiger partial charge in [0.2, 0.25) is 5.91 Å². The number of fused-ring (bicyclic) bond motifs is 1. The average molecular weight is 432 g/mol. The van der Waals surface area contributed by atoms with E-state index in [4.69, 9.17) is 23.2 Å². The van der Waals surface area contributed by atoms with Crippen LogP contribution in [0.25, 0.3) is 0 Å². The number of nitrogens with one attached hydrogen (secondary N) is 1. The van der Waals surface area contributed by atoms with E-state index in [2.05, 4.69) is 5.32 Å². The van der Waals surface area contributed by atoms with Crippen LogP contribution < -0.4 is 10.2 Å². The molecule has 2 aliphatic rings. The van der Waals surface area contributed by atoms with Gasteiger partial charge in [-0.3, -0.25) is 14.5 Å². The molecule has 1 N–H and O–H groups in total. The smallest absolute Gasteiger partial charge is 0.319 e. The topological polar surface area (TPSA) is 69.7 Å². The summed E-state index contributed by atoms with van der Waals surface area (Å²) in [5.74, 6) is -0.836. The third-order valence-electron chi connectivity index (χ3n) is 5.51. The fraction of sp³-hybridized carbons (Fsp3) is 0.286. The summed E-state index contributed by atoms with van der Waals surface area (Å²) < 4.78 is 0. The molecule has 2 aliphatic heterocycles. The quantitative estimate of drug-likeness (QED) is 0.752. The highest BCUT2D eigenvalue weighted by atomic mass is 35.5. The molecule has 4 rings (SSSR count). The Morgan fingerprint density at radius 1 is 1.21 bits per heavy atom. The molecule has 29 heavy (non-hydrogen) atoms. The van der Waals surface area contributed by atoms with Gasteiger partial charge in [-0.2, -0.15) is 0 Å². The molecule has 2 aromatic carbocycles. The van der Waals surface area contributed by atoms with Crippen LogP contribution in [0.3, 0.4) is 0 Å². The molecule has 2 aromatic rings. The van der Waals surface area contributed by atoms with Crippen LogP contribution in [0.5, 0.6) is 0 Å². The van der Waals surface area contributed by atoms with Crippen molar-refractivity contribution in [3.8, 4) is 0 Å². The zero-order valence-corrected chi connectivity index (χ0v) is 17.4. The second kappa shape index (κ2) is 7.04. The number of benzene rings is 2. The van der Waals surface area contributed by atoms with E-state index >= 15 is 0 Å². The number of anilines is 1. The van der Waals surface area contributed by atoms with Crippen molar-refractivity contribution in [2.75, 3.05) is 11.4 Å². The summed E-state index contributed by atoms with van der Waals surface area (Å²) in [4.78, 5) is 41.3. The molecule has 1 fully saturated rings. The minimum atomic E-state index is -1.37. The first-order valence-electron chi connectivity index (χ1n) is 9.22. The molecule has 6 nitrogen and oxygen atoms in total. The Balaban J connectivity index is 1.59. The molecule has 0 aliphatic carbocycles. The molecule has 150 valence electrons. The van der Waals surface area contributed by atoms with Crippen molar-refractivity contribution in [3.63, 3.8) is 0 Å². The van der Waals surface area contributed by atoms with E-state index in [1.165, 1.54) is 6.07 Å². The van der Waals surface area contributed by atoms with Crippen molar-refractivity contribution in [2.24, 2.45) is 0 Å². The number of carbonyl (C=O) groups excluding carboxylic acids is 3. The standard InChI is InChI=1S/C21H19Cl2N3O3/c1-12-9-13-5-3-4-6-17(13)26(12)18(27)11-25-19(28)21(2,24-20(25)29)15-8-7-14(22)10-16(15)23/h3-8,10,12H,9,11H2,1-2H3,(H,24,29)/t12-,21+/m1/s1. The van der Waals surface area contributed by atoms with Crippen molar-refractivity contribution >= 4 is 46.7 Å². The summed E-state index contributed by atoms with van der Waals surface area (Å²) >= 11 is 12.2. The third-order valence-corrected chi connectivity index (χ3v) is 6.06. The van der Waals surface area contributed by atoms with Gasteiger partial charge in [0.15, 0.2) is 0 Å². The molecule has 0 unspecified atom stereocenters. The van der Waals surface area contributed by atoms with Crippen molar-refractivity contribution < 1.29 is 14.4 Å². The molecule has 8 heteroatoms. The lowest BCUT2D eigenvalue weighted by molar-refractivity contribution is -0.134. The lowest BCUT2D eigenvalue weighted by Gasteiger charge is -2.26. The number of para-hydroxylation sites is 1. The largest absolute Gasteiger partial charge is 0.325 e. The van der Waals surface area contributed by atoms with E-state index in [1.54, 1.807) is 24.0 Å². The second-order valence-corrected chi connectivity index (χ2v) is 8.36. The van der Waals surface area contributed by atoms with Gasteiger partial charge in [-0.1, -0.05) is 47.5 Å². The molecule has 4 amide bonds. The first-order valence-corrected chi connectivity index (χ1v) is 9.97. The van der Waals surface area contributed by atoms with Crippen LogP contribution in [-0.2, 0) is 21.5 Å². The van der Waals surface area contributed by atoms with Gasteiger partial charge < -0.3 is 10.2 Å². The number of halogens is 2. The summed E-state index contributed by atoms with van der Waals surface area (Å²) in [7, 11) is 0. The highest BCUT2D eigenvalue weighted by molar-refractivity contribution is 6.35. The third kappa shape index (κ3) is 3.16. The molecule has 0 radical (unpaired) electrons. The number of hydrogen-bond acceptors (Lipinski definition) is 3. The van der Waals surface area contributed by atoms with Gasteiger partial charge in [0.1, 0.15) is 12.1 Å². The number of amides is 4. The van der Waals surface area contributed by atoms with E-state index in [1.807, 2.05) is 31.2 Å². The first kappa shape index (κ1) is 19.7. The lowest BCUT2D eigenvalue weighted by atomic mass is 9.92. The van der Waals surface area contributed by atoms with Crippen LogP contribution in [0, 0.1) is 0 Å². The number of urea groups is 1. The maximum Gasteiger partial charge on any atom is 0.325 e. The van der Waals surface area contributed by atoms with Crippen molar-refractivity contribution in [3.05, 3.63) is 63.6 Å². The van der Waals surface area contributed by atoms with Crippen LogP contribution in [0.1, 0.15) is 25.0 Å². The molecule has 1 saturated heterocycles. The van der Waals surface area contributed by atoms with Crippen molar-refractivity contribution in [2.45, 2.75) is 31.8 Å². The normalized spacial score (nSPS) is 23.4. The van der Waals surface area contributed by atoms with Gasteiger partial charge in [0, 0.05) is 27.3 Å². The maximum absolute atomic E-state index is 13.1. The number of hydrogen-bond donors (Lipinski definition) is 1. The Hall–Kier alpha value is -2.57. The average Bonchev–Trinajstić information content (AvgIpc) is 3.10. The Kier molecular flexibility index (Phi) is 4.79. The van der Waals surface area contributed by atoms with Crippen molar-refractivity contribution in [1.29, 1.82) is 0 Å². The van der Waals surface area contributed by atoms with Gasteiger partial charge in [-0.15, -0.1) is 0 Å². The SMILES string of the molecule is C[C@@H]1Cc2ccccc2N1C(=O)CN1C(=O)N[C@@](C)(c2ccc(Cl)cc2Cl)C1=O.